The second-order valence-electron chi connectivity index (χ2n) is 1.91. The molecule has 0 radical (unpaired) electrons. The molecule has 7 heteroatoms. The first-order valence-corrected chi connectivity index (χ1v) is 4.22. The van der Waals surface area contributed by atoms with Crippen LogP contribution in [-0.2, 0) is 11.1 Å². The normalized spacial score (nSPS) is 12.0. The Morgan fingerprint density at radius 2 is 1.85 bits per heavy atom. The quantitative estimate of drug-likeness (QED) is 0.340. The van der Waals surface area contributed by atoms with E-state index in [1.54, 1.807) is 0 Å². The minimum absolute atomic E-state index is 0. The van der Waals surface area contributed by atoms with Crippen molar-refractivity contribution in [2.45, 2.75) is 4.90 Å². The number of rotatable bonds is 1. The molecule has 0 saturated carbocycles. The largest absolute Gasteiger partial charge is 1.00 e. The van der Waals surface area contributed by atoms with E-state index in [4.69, 9.17) is 11.6 Å². The van der Waals surface area contributed by atoms with Crippen molar-refractivity contribution in [1.82, 2.24) is 0 Å². The maximum absolute atomic E-state index is 12.7. The first-order chi connectivity index (χ1) is 5.54. The number of hydrogen-bond donors (Lipinski definition) is 0. The predicted octanol–water partition coefficient (Wildman–Crippen LogP) is -1.14. The van der Waals surface area contributed by atoms with Crippen LogP contribution in [0.25, 0.3) is 0 Å². The molecule has 0 aliphatic rings. The van der Waals surface area contributed by atoms with E-state index in [1.165, 1.54) is 0 Å². The van der Waals surface area contributed by atoms with Crippen LogP contribution in [0.1, 0.15) is 0 Å². The average Bonchev–Trinajstić information content (AvgIpc) is 2.00. The van der Waals surface area contributed by atoms with E-state index in [2.05, 4.69) is 0 Å². The van der Waals surface area contributed by atoms with Gasteiger partial charge >= 0.3 is 18.9 Å². The summed E-state index contributed by atoms with van der Waals surface area (Å²) < 4.78 is 45.7. The summed E-state index contributed by atoms with van der Waals surface area (Å²) in [6, 6.07) is 1.87. The molecular weight excluding hydrogens is 217 g/mol. The Bertz CT molecular complexity index is 348. The molecule has 0 aliphatic heterocycles. The zero-order chi connectivity index (χ0) is 9.30. The molecular formula is C6H2ClF2LiO2S. The van der Waals surface area contributed by atoms with Crippen LogP contribution in [0.4, 0.5) is 8.78 Å². The third-order valence-corrected chi connectivity index (χ3v) is 2.15. The fraction of sp³-hybridized carbons (Fsp3) is 0. The second kappa shape index (κ2) is 5.08. The van der Waals surface area contributed by atoms with Crippen LogP contribution in [0.3, 0.4) is 0 Å². The van der Waals surface area contributed by atoms with Gasteiger partial charge in [0, 0.05) is 0 Å². The molecule has 2 nitrogen and oxygen atoms in total. The van der Waals surface area contributed by atoms with Crippen molar-refractivity contribution in [3.8, 4) is 0 Å². The summed E-state index contributed by atoms with van der Waals surface area (Å²) in [5.74, 6) is -2.80. The summed E-state index contributed by atoms with van der Waals surface area (Å²) in [4.78, 5) is -0.725. The fourth-order valence-corrected chi connectivity index (χ4v) is 1.20. The van der Waals surface area contributed by atoms with Crippen molar-refractivity contribution in [1.29, 1.82) is 0 Å². The van der Waals surface area contributed by atoms with Crippen LogP contribution in [0.2, 0.25) is 5.02 Å². The minimum atomic E-state index is -2.78. The summed E-state index contributed by atoms with van der Waals surface area (Å²) in [6.07, 6.45) is 0. The third kappa shape index (κ3) is 2.76. The van der Waals surface area contributed by atoms with E-state index in [-0.39, 0.29) is 18.9 Å². The molecule has 0 amide bonds. The number of benzene rings is 1. The summed E-state index contributed by atoms with van der Waals surface area (Å²) in [7, 11) is 0. The van der Waals surface area contributed by atoms with Crippen molar-refractivity contribution in [3.63, 3.8) is 0 Å². The molecule has 0 bridgehead atoms. The first kappa shape index (κ1) is 13.1. The summed E-state index contributed by atoms with van der Waals surface area (Å²) in [5.41, 5.74) is 0. The Morgan fingerprint density at radius 3 is 2.31 bits per heavy atom. The summed E-state index contributed by atoms with van der Waals surface area (Å²) in [5, 5.41) is -0.443. The molecule has 1 unspecified atom stereocenters. The Balaban J connectivity index is 0.00000144. The molecule has 0 fully saturated rings. The maximum Gasteiger partial charge on any atom is 1.00 e. The van der Waals surface area contributed by atoms with Gasteiger partial charge in [0.15, 0.2) is 11.6 Å². The van der Waals surface area contributed by atoms with E-state index >= 15 is 0 Å². The van der Waals surface area contributed by atoms with Crippen molar-refractivity contribution >= 4 is 22.7 Å². The second-order valence-corrected chi connectivity index (χ2v) is 3.22. The van der Waals surface area contributed by atoms with Gasteiger partial charge < -0.3 is 4.55 Å². The van der Waals surface area contributed by atoms with Gasteiger partial charge in [0.1, 0.15) is 0 Å². The number of halogens is 3. The molecule has 0 N–H and O–H groups in total. The van der Waals surface area contributed by atoms with Gasteiger partial charge in [-0.25, -0.2) is 8.78 Å². The van der Waals surface area contributed by atoms with Gasteiger partial charge in [0.2, 0.25) is 0 Å². The van der Waals surface area contributed by atoms with E-state index in [0.29, 0.717) is 0 Å². The molecule has 0 aromatic heterocycles. The Kier molecular flexibility index (Phi) is 5.11. The van der Waals surface area contributed by atoms with Crippen LogP contribution >= 0.6 is 11.6 Å². The van der Waals surface area contributed by atoms with Gasteiger partial charge in [0.25, 0.3) is 0 Å². The molecule has 0 heterocycles. The SMILES string of the molecule is O=S([O-])c1ccc(Cl)c(F)c1F.[Li+]. The smallest absolute Gasteiger partial charge is 0.768 e. The van der Waals surface area contributed by atoms with E-state index in [0.717, 1.165) is 12.1 Å². The molecule has 66 valence electrons. The monoisotopic (exact) mass is 218 g/mol. The van der Waals surface area contributed by atoms with Gasteiger partial charge in [-0.15, -0.1) is 0 Å². The molecule has 0 spiro atoms. The Hall–Kier alpha value is 0.0774. The summed E-state index contributed by atoms with van der Waals surface area (Å²) in [6.45, 7) is 0. The van der Waals surface area contributed by atoms with Crippen molar-refractivity contribution in [3.05, 3.63) is 28.8 Å². The van der Waals surface area contributed by atoms with Crippen LogP contribution < -0.4 is 18.9 Å². The van der Waals surface area contributed by atoms with Gasteiger partial charge in [-0.1, -0.05) is 11.6 Å². The first-order valence-electron chi connectivity index (χ1n) is 2.77. The zero-order valence-corrected chi connectivity index (χ0v) is 8.09. The fourth-order valence-electron chi connectivity index (χ4n) is 0.637. The molecule has 0 aliphatic carbocycles. The molecule has 1 aromatic carbocycles. The standard InChI is InChI=1S/C6H3ClF2O2S.Li/c7-3-1-2-4(12(10)11)6(9)5(3)8;/h1-2H,(H,10,11);/q;+1/p-1. The molecule has 1 atom stereocenters. The molecule has 0 saturated heterocycles. The number of hydrogen-bond acceptors (Lipinski definition) is 2. The van der Waals surface area contributed by atoms with Crippen LogP contribution in [0.15, 0.2) is 17.0 Å². The van der Waals surface area contributed by atoms with Gasteiger partial charge in [-0.05, 0) is 23.2 Å². The van der Waals surface area contributed by atoms with Crippen molar-refractivity contribution < 1.29 is 36.4 Å². The maximum atomic E-state index is 12.7. The molecule has 1 rings (SSSR count). The average molecular weight is 219 g/mol. The zero-order valence-electron chi connectivity index (χ0n) is 6.51. The van der Waals surface area contributed by atoms with Gasteiger partial charge in [-0.3, -0.25) is 4.21 Å². The molecule has 13 heavy (non-hydrogen) atoms. The topological polar surface area (TPSA) is 40.1 Å². The molecule has 1 aromatic rings. The van der Waals surface area contributed by atoms with Crippen molar-refractivity contribution in [2.75, 3.05) is 0 Å². The summed E-state index contributed by atoms with van der Waals surface area (Å²) >= 11 is 2.39. The van der Waals surface area contributed by atoms with Crippen LogP contribution in [-0.4, -0.2) is 8.76 Å². The minimum Gasteiger partial charge on any atom is -0.768 e. The van der Waals surface area contributed by atoms with Crippen molar-refractivity contribution in [2.24, 2.45) is 0 Å². The predicted molar refractivity (Wildman–Crippen MR) is 38.6 cm³/mol. The van der Waals surface area contributed by atoms with Crippen LogP contribution in [0, 0.1) is 11.6 Å². The van der Waals surface area contributed by atoms with Gasteiger partial charge in [0.05, 0.1) is 9.92 Å². The van der Waals surface area contributed by atoms with E-state index < -0.39 is 32.6 Å². The van der Waals surface area contributed by atoms with Gasteiger partial charge in [-0.2, -0.15) is 0 Å². The van der Waals surface area contributed by atoms with Crippen LogP contribution in [0.5, 0.6) is 0 Å². The Morgan fingerprint density at radius 1 is 1.31 bits per heavy atom. The van der Waals surface area contributed by atoms with E-state index in [1.807, 2.05) is 0 Å². The van der Waals surface area contributed by atoms with E-state index in [9.17, 15) is 17.5 Å². The third-order valence-electron chi connectivity index (χ3n) is 1.18. The Labute approximate surface area is 92.7 Å².